The van der Waals surface area contributed by atoms with Crippen LogP contribution in [0.4, 0.5) is 0 Å². The van der Waals surface area contributed by atoms with E-state index in [0.717, 1.165) is 16.7 Å². The number of hydrogen-bond acceptors (Lipinski definition) is 5. The van der Waals surface area contributed by atoms with Gasteiger partial charge in [-0.3, -0.25) is 4.79 Å². The lowest BCUT2D eigenvalue weighted by molar-refractivity contribution is -0.141. The zero-order valence-electron chi connectivity index (χ0n) is 14.9. The van der Waals surface area contributed by atoms with E-state index >= 15 is 0 Å². The molecule has 27 heavy (non-hydrogen) atoms. The number of ether oxygens (including phenoxy) is 1. The van der Waals surface area contributed by atoms with E-state index in [0.29, 0.717) is 25.8 Å². The molecule has 2 N–H and O–H groups in total. The molecule has 0 saturated heterocycles. The Morgan fingerprint density at radius 2 is 1.78 bits per heavy atom. The topological polar surface area (TPSA) is 75.6 Å². The van der Waals surface area contributed by atoms with E-state index in [1.54, 1.807) is 0 Å². The summed E-state index contributed by atoms with van der Waals surface area (Å²) >= 11 is 0. The molecule has 2 heterocycles. The molecule has 2 atom stereocenters. The molecular formula is C22H21NO4. The van der Waals surface area contributed by atoms with Gasteiger partial charge in [-0.05, 0) is 36.0 Å². The van der Waals surface area contributed by atoms with Crippen molar-refractivity contribution in [1.29, 1.82) is 0 Å². The Kier molecular flexibility index (Phi) is 4.77. The summed E-state index contributed by atoms with van der Waals surface area (Å²) in [6.07, 6.45) is 0.833. The van der Waals surface area contributed by atoms with Crippen molar-refractivity contribution in [1.82, 2.24) is 5.32 Å². The van der Waals surface area contributed by atoms with Crippen molar-refractivity contribution in [3.05, 3.63) is 82.6 Å². The maximum absolute atomic E-state index is 12.9. The number of fused-ring (bicyclic) bond motifs is 1. The quantitative estimate of drug-likeness (QED) is 0.631. The van der Waals surface area contributed by atoms with Crippen molar-refractivity contribution >= 4 is 11.8 Å². The standard InChI is InChI=1S/C22H21NO4/c24-20(17-12-15-8-4-5-9-16(15)13-23-17)19-21(25)18(27-22(19)26)11-10-14-6-2-1-3-7-14/h1-9,17-18,23,25H,10-13H2/t17?,18-/m0/s1. The minimum Gasteiger partial charge on any atom is -0.507 e. The Bertz CT molecular complexity index is 904. The van der Waals surface area contributed by atoms with Gasteiger partial charge in [0, 0.05) is 6.54 Å². The van der Waals surface area contributed by atoms with E-state index in [1.165, 1.54) is 0 Å². The minimum absolute atomic E-state index is 0.204. The number of carbonyl (C=O) groups excluding carboxylic acids is 2. The van der Waals surface area contributed by atoms with E-state index in [2.05, 4.69) is 5.32 Å². The number of esters is 1. The number of Topliss-reactive ketones (excluding diaryl/α,β-unsaturated/α-hetero) is 1. The van der Waals surface area contributed by atoms with Crippen molar-refractivity contribution in [3.8, 4) is 0 Å². The largest absolute Gasteiger partial charge is 0.507 e. The van der Waals surface area contributed by atoms with Gasteiger partial charge in [0.15, 0.2) is 17.6 Å². The average molecular weight is 363 g/mol. The van der Waals surface area contributed by atoms with Crippen LogP contribution in [0.3, 0.4) is 0 Å². The Morgan fingerprint density at radius 3 is 2.56 bits per heavy atom. The number of hydrogen-bond donors (Lipinski definition) is 2. The van der Waals surface area contributed by atoms with Gasteiger partial charge in [0.2, 0.25) is 0 Å². The average Bonchev–Trinajstić information content (AvgIpc) is 2.99. The summed E-state index contributed by atoms with van der Waals surface area (Å²) in [4.78, 5) is 25.1. The van der Waals surface area contributed by atoms with Gasteiger partial charge in [-0.2, -0.15) is 0 Å². The number of aliphatic hydroxyl groups excluding tert-OH is 1. The lowest BCUT2D eigenvalue weighted by Crippen LogP contribution is -2.43. The monoisotopic (exact) mass is 363 g/mol. The highest BCUT2D eigenvalue weighted by Crippen LogP contribution is 2.27. The minimum atomic E-state index is -0.757. The molecule has 2 aliphatic heterocycles. The highest BCUT2D eigenvalue weighted by atomic mass is 16.6. The maximum atomic E-state index is 12.9. The predicted molar refractivity (Wildman–Crippen MR) is 100 cm³/mol. The molecule has 0 fully saturated rings. The van der Waals surface area contributed by atoms with Gasteiger partial charge in [0.25, 0.3) is 0 Å². The van der Waals surface area contributed by atoms with Gasteiger partial charge < -0.3 is 15.2 Å². The van der Waals surface area contributed by atoms with Gasteiger partial charge >= 0.3 is 5.97 Å². The van der Waals surface area contributed by atoms with Crippen LogP contribution < -0.4 is 5.32 Å². The SMILES string of the molecule is O=C1O[C@@H](CCc2ccccc2)C(O)=C1C(=O)C1Cc2ccccc2CN1. The molecule has 0 amide bonds. The van der Waals surface area contributed by atoms with Crippen LogP contribution in [-0.2, 0) is 33.7 Å². The summed E-state index contributed by atoms with van der Waals surface area (Å²) in [6.45, 7) is 0.563. The first-order valence-electron chi connectivity index (χ1n) is 9.16. The van der Waals surface area contributed by atoms with Crippen LogP contribution in [-0.4, -0.2) is 29.0 Å². The zero-order valence-corrected chi connectivity index (χ0v) is 14.9. The molecule has 0 aromatic heterocycles. The molecule has 4 rings (SSSR count). The van der Waals surface area contributed by atoms with E-state index in [-0.39, 0.29) is 11.3 Å². The molecule has 0 aliphatic carbocycles. The van der Waals surface area contributed by atoms with Gasteiger partial charge in [-0.1, -0.05) is 54.6 Å². The highest BCUT2D eigenvalue weighted by molar-refractivity contribution is 6.21. The van der Waals surface area contributed by atoms with Crippen molar-refractivity contribution in [2.24, 2.45) is 0 Å². The second-order valence-corrected chi connectivity index (χ2v) is 6.95. The Hall–Kier alpha value is -2.92. The van der Waals surface area contributed by atoms with Gasteiger partial charge in [-0.15, -0.1) is 0 Å². The third kappa shape index (κ3) is 3.51. The first kappa shape index (κ1) is 17.5. The molecule has 0 bridgehead atoms. The van der Waals surface area contributed by atoms with Gasteiger partial charge in [0.05, 0.1) is 6.04 Å². The van der Waals surface area contributed by atoms with Crippen LogP contribution in [0, 0.1) is 0 Å². The van der Waals surface area contributed by atoms with Gasteiger partial charge in [0.1, 0.15) is 5.57 Å². The first-order chi connectivity index (χ1) is 13.1. The molecule has 0 spiro atoms. The number of carbonyl (C=O) groups is 2. The summed E-state index contributed by atoms with van der Waals surface area (Å²) in [5.41, 5.74) is 3.12. The smallest absolute Gasteiger partial charge is 0.346 e. The number of aryl methyl sites for hydroxylation is 1. The number of aliphatic hydroxyl groups is 1. The van der Waals surface area contributed by atoms with Crippen LogP contribution in [0.2, 0.25) is 0 Å². The van der Waals surface area contributed by atoms with Crippen molar-refractivity contribution < 1.29 is 19.4 Å². The van der Waals surface area contributed by atoms with Crippen LogP contribution in [0.25, 0.3) is 0 Å². The molecule has 5 heteroatoms. The summed E-state index contributed by atoms with van der Waals surface area (Å²) < 4.78 is 5.28. The van der Waals surface area contributed by atoms with Crippen LogP contribution in [0.15, 0.2) is 65.9 Å². The second-order valence-electron chi connectivity index (χ2n) is 6.95. The number of nitrogens with one attached hydrogen (secondary N) is 1. The molecule has 5 nitrogen and oxygen atoms in total. The number of cyclic esters (lactones) is 1. The summed E-state index contributed by atoms with van der Waals surface area (Å²) in [6, 6.07) is 17.1. The number of ketones is 1. The zero-order chi connectivity index (χ0) is 18.8. The lowest BCUT2D eigenvalue weighted by Gasteiger charge is -2.24. The molecule has 1 unspecified atom stereocenters. The fourth-order valence-corrected chi connectivity index (χ4v) is 3.69. The molecule has 2 aliphatic rings. The first-order valence-corrected chi connectivity index (χ1v) is 9.16. The van der Waals surface area contributed by atoms with E-state index in [4.69, 9.17) is 4.74 Å². The molecule has 138 valence electrons. The third-order valence-electron chi connectivity index (χ3n) is 5.20. The summed E-state index contributed by atoms with van der Waals surface area (Å²) in [5.74, 6) is -1.35. The van der Waals surface area contributed by atoms with Crippen LogP contribution in [0.1, 0.15) is 23.1 Å². The Labute approximate surface area is 157 Å². The van der Waals surface area contributed by atoms with Crippen molar-refractivity contribution in [2.75, 3.05) is 0 Å². The van der Waals surface area contributed by atoms with Crippen molar-refractivity contribution in [3.63, 3.8) is 0 Å². The number of benzene rings is 2. The van der Waals surface area contributed by atoms with Crippen LogP contribution >= 0.6 is 0 Å². The van der Waals surface area contributed by atoms with Crippen molar-refractivity contribution in [2.45, 2.75) is 38.0 Å². The van der Waals surface area contributed by atoms with E-state index in [1.807, 2.05) is 54.6 Å². The lowest BCUT2D eigenvalue weighted by atomic mass is 9.90. The second kappa shape index (κ2) is 7.37. The highest BCUT2D eigenvalue weighted by Gasteiger charge is 2.41. The maximum Gasteiger partial charge on any atom is 0.346 e. The number of rotatable bonds is 5. The summed E-state index contributed by atoms with van der Waals surface area (Å²) in [5, 5.41) is 13.6. The third-order valence-corrected chi connectivity index (χ3v) is 5.20. The van der Waals surface area contributed by atoms with Crippen LogP contribution in [0.5, 0.6) is 0 Å². The Morgan fingerprint density at radius 1 is 1.07 bits per heavy atom. The molecule has 0 saturated carbocycles. The fourth-order valence-electron chi connectivity index (χ4n) is 3.69. The normalized spacial score (nSPS) is 21.7. The molecule has 0 radical (unpaired) electrons. The van der Waals surface area contributed by atoms with E-state index < -0.39 is 23.9 Å². The summed E-state index contributed by atoms with van der Waals surface area (Å²) in [7, 11) is 0. The predicted octanol–water partition coefficient (Wildman–Crippen LogP) is 2.64. The molecule has 2 aromatic rings. The van der Waals surface area contributed by atoms with E-state index in [9.17, 15) is 14.7 Å². The molecular weight excluding hydrogens is 342 g/mol. The molecule has 2 aromatic carbocycles. The fraction of sp³-hybridized carbons (Fsp3) is 0.273. The Balaban J connectivity index is 1.47. The van der Waals surface area contributed by atoms with Gasteiger partial charge in [-0.25, -0.2) is 4.79 Å².